The minimum Gasteiger partial charge on any atom is -0.339 e. The van der Waals surface area contributed by atoms with Gasteiger partial charge in [0.25, 0.3) is 11.1 Å². The van der Waals surface area contributed by atoms with Crippen LogP contribution in [0.15, 0.2) is 71.8 Å². The lowest BCUT2D eigenvalue weighted by molar-refractivity contribution is 0.102. The molecule has 1 N–H and O–H groups in total. The molecule has 0 saturated carbocycles. The number of benzene rings is 2. The first-order valence-corrected chi connectivity index (χ1v) is 11.4. The Morgan fingerprint density at radius 3 is 2.36 bits per heavy atom. The van der Waals surface area contributed by atoms with Gasteiger partial charge in [-0.2, -0.15) is 5.10 Å². The smallest absolute Gasteiger partial charge is 0.285 e. The van der Waals surface area contributed by atoms with Crippen LogP contribution in [0.3, 0.4) is 0 Å². The van der Waals surface area contributed by atoms with Crippen LogP contribution in [0.1, 0.15) is 30.2 Å². The first-order chi connectivity index (χ1) is 15.8. The SMILES string of the molecule is CC(C)n1ncc2c(C(=O)Nc3ccc(SC(=O)N(C)C)cc3)cc(-c3ccccc3)nc21. The van der Waals surface area contributed by atoms with Crippen LogP contribution in [0, 0.1) is 0 Å². The highest BCUT2D eigenvalue weighted by molar-refractivity contribution is 8.13. The molecule has 2 amide bonds. The zero-order chi connectivity index (χ0) is 23.5. The Balaban J connectivity index is 1.67. The predicted molar refractivity (Wildman–Crippen MR) is 133 cm³/mol. The van der Waals surface area contributed by atoms with E-state index in [9.17, 15) is 9.59 Å². The first kappa shape index (κ1) is 22.5. The van der Waals surface area contributed by atoms with Crippen molar-refractivity contribution in [3.63, 3.8) is 0 Å². The van der Waals surface area contributed by atoms with Crippen molar-refractivity contribution in [2.45, 2.75) is 24.8 Å². The molecular weight excluding hydrogens is 434 g/mol. The Kier molecular flexibility index (Phi) is 6.46. The van der Waals surface area contributed by atoms with Gasteiger partial charge in [-0.1, -0.05) is 30.3 Å². The number of nitrogens with one attached hydrogen (secondary N) is 1. The van der Waals surface area contributed by atoms with Gasteiger partial charge in [-0.15, -0.1) is 0 Å². The van der Waals surface area contributed by atoms with Gasteiger partial charge in [0.1, 0.15) is 0 Å². The number of thioether (sulfide) groups is 1. The van der Waals surface area contributed by atoms with Crippen molar-refractivity contribution in [2.24, 2.45) is 0 Å². The summed E-state index contributed by atoms with van der Waals surface area (Å²) < 4.78 is 1.83. The molecule has 2 aromatic carbocycles. The number of anilines is 1. The number of rotatable bonds is 5. The van der Waals surface area contributed by atoms with E-state index in [1.54, 1.807) is 38.5 Å². The molecule has 0 unspecified atom stereocenters. The van der Waals surface area contributed by atoms with E-state index < -0.39 is 0 Å². The van der Waals surface area contributed by atoms with Gasteiger partial charge in [0.15, 0.2) is 5.65 Å². The fraction of sp³-hybridized carbons (Fsp3) is 0.200. The van der Waals surface area contributed by atoms with Crippen LogP contribution >= 0.6 is 11.8 Å². The van der Waals surface area contributed by atoms with Crippen molar-refractivity contribution in [1.29, 1.82) is 0 Å². The van der Waals surface area contributed by atoms with Crippen LogP contribution in [0.2, 0.25) is 0 Å². The van der Waals surface area contributed by atoms with Crippen molar-refractivity contribution in [2.75, 3.05) is 19.4 Å². The highest BCUT2D eigenvalue weighted by Crippen LogP contribution is 2.28. The van der Waals surface area contributed by atoms with Crippen LogP contribution < -0.4 is 5.32 Å². The molecule has 2 heterocycles. The molecule has 0 bridgehead atoms. The van der Waals surface area contributed by atoms with E-state index in [2.05, 4.69) is 10.4 Å². The monoisotopic (exact) mass is 459 g/mol. The molecule has 168 valence electrons. The lowest BCUT2D eigenvalue weighted by atomic mass is 10.1. The van der Waals surface area contributed by atoms with Crippen molar-refractivity contribution < 1.29 is 9.59 Å². The van der Waals surface area contributed by atoms with Crippen LogP contribution in [0.4, 0.5) is 10.5 Å². The van der Waals surface area contributed by atoms with Gasteiger partial charge in [0.05, 0.1) is 22.8 Å². The Hall–Kier alpha value is -3.65. The van der Waals surface area contributed by atoms with E-state index in [0.717, 1.165) is 22.2 Å². The second-order valence-corrected chi connectivity index (χ2v) is 9.11. The molecule has 4 aromatic rings. The van der Waals surface area contributed by atoms with Gasteiger partial charge in [0.2, 0.25) is 0 Å². The molecule has 2 aromatic heterocycles. The molecule has 0 spiro atoms. The average Bonchev–Trinajstić information content (AvgIpc) is 3.24. The normalized spacial score (nSPS) is 11.1. The second-order valence-electron chi connectivity index (χ2n) is 8.08. The van der Waals surface area contributed by atoms with Crippen LogP contribution in [-0.2, 0) is 0 Å². The highest BCUT2D eigenvalue weighted by atomic mass is 32.2. The fourth-order valence-corrected chi connectivity index (χ4v) is 3.99. The molecule has 0 radical (unpaired) electrons. The number of hydrogen-bond acceptors (Lipinski definition) is 5. The molecule has 0 fully saturated rings. The summed E-state index contributed by atoms with van der Waals surface area (Å²) in [5.74, 6) is -0.243. The third-order valence-electron chi connectivity index (χ3n) is 5.05. The Bertz CT molecular complexity index is 1300. The number of aromatic nitrogens is 3. The molecule has 8 heteroatoms. The lowest BCUT2D eigenvalue weighted by Crippen LogP contribution is -2.16. The quantitative estimate of drug-likeness (QED) is 0.387. The van der Waals surface area contributed by atoms with Crippen molar-refractivity contribution in [3.05, 3.63) is 72.4 Å². The van der Waals surface area contributed by atoms with E-state index in [1.165, 1.54) is 4.90 Å². The summed E-state index contributed by atoms with van der Waals surface area (Å²) in [5.41, 5.74) is 3.46. The zero-order valence-electron chi connectivity index (χ0n) is 18.9. The minimum absolute atomic E-state index is 0.0541. The zero-order valence-corrected chi connectivity index (χ0v) is 19.8. The lowest BCUT2D eigenvalue weighted by Gasteiger charge is -2.12. The molecule has 0 aliphatic rings. The van der Waals surface area contributed by atoms with Gasteiger partial charge in [-0.3, -0.25) is 9.59 Å². The Labute approximate surface area is 196 Å². The van der Waals surface area contributed by atoms with E-state index in [-0.39, 0.29) is 17.2 Å². The van der Waals surface area contributed by atoms with Gasteiger partial charge in [-0.25, -0.2) is 9.67 Å². The molecule has 0 aliphatic carbocycles. The third kappa shape index (κ3) is 4.90. The summed E-state index contributed by atoms with van der Waals surface area (Å²) in [4.78, 5) is 32.3. The van der Waals surface area contributed by atoms with Crippen molar-refractivity contribution >= 4 is 39.6 Å². The molecule has 33 heavy (non-hydrogen) atoms. The van der Waals surface area contributed by atoms with E-state index in [1.807, 2.05) is 61.0 Å². The maximum atomic E-state index is 13.3. The first-order valence-electron chi connectivity index (χ1n) is 10.6. The molecule has 0 aliphatic heterocycles. The minimum atomic E-state index is -0.243. The summed E-state index contributed by atoms with van der Waals surface area (Å²) in [7, 11) is 3.43. The Morgan fingerprint density at radius 2 is 1.73 bits per heavy atom. The second kappa shape index (κ2) is 9.46. The van der Waals surface area contributed by atoms with E-state index >= 15 is 0 Å². The summed E-state index contributed by atoms with van der Waals surface area (Å²) in [6.45, 7) is 4.06. The van der Waals surface area contributed by atoms with Crippen LogP contribution in [-0.4, -0.2) is 44.9 Å². The number of nitrogens with zero attached hydrogens (tertiary/aromatic N) is 4. The van der Waals surface area contributed by atoms with Gasteiger partial charge >= 0.3 is 0 Å². The van der Waals surface area contributed by atoms with E-state index in [4.69, 9.17) is 4.98 Å². The van der Waals surface area contributed by atoms with E-state index in [0.29, 0.717) is 28.0 Å². The predicted octanol–water partition coefficient (Wildman–Crippen LogP) is 5.71. The van der Waals surface area contributed by atoms with Crippen LogP contribution in [0.5, 0.6) is 0 Å². The average molecular weight is 460 g/mol. The summed E-state index contributed by atoms with van der Waals surface area (Å²) in [6.07, 6.45) is 1.69. The van der Waals surface area contributed by atoms with Crippen molar-refractivity contribution in [1.82, 2.24) is 19.7 Å². The summed E-state index contributed by atoms with van der Waals surface area (Å²) >= 11 is 1.14. The van der Waals surface area contributed by atoms with Gasteiger partial charge in [-0.05, 0) is 55.9 Å². The number of fused-ring (bicyclic) bond motifs is 1. The molecule has 4 rings (SSSR count). The summed E-state index contributed by atoms with van der Waals surface area (Å²) in [6, 6.07) is 18.9. The maximum absolute atomic E-state index is 13.3. The Morgan fingerprint density at radius 1 is 1.03 bits per heavy atom. The molecule has 0 atom stereocenters. The number of carbonyl (C=O) groups excluding carboxylic acids is 2. The molecular formula is C25H25N5O2S. The largest absolute Gasteiger partial charge is 0.339 e. The fourth-order valence-electron chi connectivity index (χ4n) is 3.34. The standard InChI is InChI=1S/C25H25N5O2S/c1-16(2)30-23-21(15-26-30)20(14-22(28-23)17-8-6-5-7-9-17)24(31)27-18-10-12-19(13-11-18)33-25(32)29(3)4/h5-16H,1-4H3,(H,27,31). The topological polar surface area (TPSA) is 80.1 Å². The highest BCUT2D eigenvalue weighted by Gasteiger charge is 2.19. The maximum Gasteiger partial charge on any atom is 0.285 e. The molecule has 0 saturated heterocycles. The third-order valence-corrected chi connectivity index (χ3v) is 6.10. The number of carbonyl (C=O) groups is 2. The number of pyridine rings is 1. The van der Waals surface area contributed by atoms with Gasteiger partial charge < -0.3 is 10.2 Å². The van der Waals surface area contributed by atoms with Gasteiger partial charge in [0, 0.05) is 36.3 Å². The summed E-state index contributed by atoms with van der Waals surface area (Å²) in [5, 5.41) is 8.08. The van der Waals surface area contributed by atoms with Crippen LogP contribution in [0.25, 0.3) is 22.3 Å². The molecule has 7 nitrogen and oxygen atoms in total. The number of hydrogen-bond donors (Lipinski definition) is 1. The van der Waals surface area contributed by atoms with Crippen molar-refractivity contribution in [3.8, 4) is 11.3 Å². The number of amides is 2.